The summed E-state index contributed by atoms with van der Waals surface area (Å²) in [6.07, 6.45) is 9.19. The Kier molecular flexibility index (Phi) is 8.26. The van der Waals surface area contributed by atoms with Crippen molar-refractivity contribution in [3.8, 4) is 11.5 Å². The highest BCUT2D eigenvalue weighted by atomic mass is 16.7. The average molecular weight is 703 g/mol. The number of carbonyl (C=O) groups excluding carboxylic acids is 2. The molecule has 262 valence electrons. The Balaban J connectivity index is 0.980. The molecule has 2 atom stereocenters. The maximum atomic E-state index is 14.1. The van der Waals surface area contributed by atoms with E-state index in [1.165, 1.54) is 6.92 Å². The van der Waals surface area contributed by atoms with Gasteiger partial charge in [0.1, 0.15) is 0 Å². The van der Waals surface area contributed by atoms with E-state index in [9.17, 15) is 9.59 Å². The monoisotopic (exact) mass is 702 g/mol. The number of benzene rings is 4. The molecule has 5 heterocycles. The maximum absolute atomic E-state index is 14.1. The zero-order valence-electron chi connectivity index (χ0n) is 28.9. The van der Waals surface area contributed by atoms with E-state index in [0.717, 1.165) is 61.3 Å². The summed E-state index contributed by atoms with van der Waals surface area (Å²) >= 11 is 0. The molecule has 0 fully saturated rings. The first-order valence-electron chi connectivity index (χ1n) is 17.6. The lowest BCUT2D eigenvalue weighted by molar-refractivity contribution is -0.133. The van der Waals surface area contributed by atoms with E-state index in [2.05, 4.69) is 26.0 Å². The number of amides is 2. The van der Waals surface area contributed by atoms with Gasteiger partial charge < -0.3 is 9.47 Å². The van der Waals surface area contributed by atoms with Crippen LogP contribution in [0.4, 0.5) is 0 Å². The van der Waals surface area contributed by atoms with Crippen LogP contribution in [0.3, 0.4) is 0 Å². The SMILES string of the molecule is CC(=O)N1N=C(c2ccccc2)CC1c1cc(CCCC(=O)N2N=C(c3ccc4c(c3)OCO4)CC2c2ccc3nccnc3c2)c2nccnc2c1. The van der Waals surface area contributed by atoms with Gasteiger partial charge in [-0.2, -0.15) is 10.2 Å². The molecule has 2 unspecified atom stereocenters. The van der Waals surface area contributed by atoms with Crippen LogP contribution in [0.25, 0.3) is 22.1 Å². The molecule has 3 aliphatic rings. The zero-order valence-corrected chi connectivity index (χ0v) is 28.9. The van der Waals surface area contributed by atoms with Crippen LogP contribution in [0, 0.1) is 0 Å². The minimum absolute atomic E-state index is 0.0871. The number of ether oxygens (including phenoxy) is 2. The lowest BCUT2D eigenvalue weighted by atomic mass is 9.94. The van der Waals surface area contributed by atoms with Crippen molar-refractivity contribution in [2.45, 2.75) is 51.1 Å². The summed E-state index contributed by atoms with van der Waals surface area (Å²) in [6, 6.07) is 25.1. The maximum Gasteiger partial charge on any atom is 0.243 e. The summed E-state index contributed by atoms with van der Waals surface area (Å²) in [5, 5.41) is 12.8. The zero-order chi connectivity index (χ0) is 35.9. The van der Waals surface area contributed by atoms with Crippen molar-refractivity contribution in [2.24, 2.45) is 10.2 Å². The van der Waals surface area contributed by atoms with Gasteiger partial charge in [0.2, 0.25) is 18.6 Å². The minimum Gasteiger partial charge on any atom is -0.454 e. The number of carbonyl (C=O) groups is 2. The predicted molar refractivity (Wildman–Crippen MR) is 198 cm³/mol. The largest absolute Gasteiger partial charge is 0.454 e. The van der Waals surface area contributed by atoms with Crippen LogP contribution in [0.5, 0.6) is 11.5 Å². The number of rotatable bonds is 8. The van der Waals surface area contributed by atoms with Crippen molar-refractivity contribution in [1.29, 1.82) is 0 Å². The van der Waals surface area contributed by atoms with Gasteiger partial charge in [-0.1, -0.05) is 42.5 Å². The van der Waals surface area contributed by atoms with E-state index >= 15 is 0 Å². The molecule has 3 aliphatic heterocycles. The molecular formula is C41H34N8O4. The van der Waals surface area contributed by atoms with Gasteiger partial charge in [0.25, 0.3) is 0 Å². The molecule has 0 radical (unpaired) electrons. The first kappa shape index (κ1) is 32.4. The van der Waals surface area contributed by atoms with Crippen LogP contribution in [-0.4, -0.2) is 60.0 Å². The minimum atomic E-state index is -0.317. The van der Waals surface area contributed by atoms with Gasteiger partial charge in [0.05, 0.1) is 45.6 Å². The lowest BCUT2D eigenvalue weighted by Gasteiger charge is -2.23. The molecule has 0 N–H and O–H groups in total. The highest BCUT2D eigenvalue weighted by Crippen LogP contribution is 2.39. The number of fused-ring (bicyclic) bond motifs is 3. The first-order valence-corrected chi connectivity index (χ1v) is 17.6. The molecule has 0 bridgehead atoms. The molecule has 0 saturated heterocycles. The topological polar surface area (TPSA) is 135 Å². The molecule has 9 rings (SSSR count). The summed E-state index contributed by atoms with van der Waals surface area (Å²) < 4.78 is 11.2. The van der Waals surface area contributed by atoms with E-state index < -0.39 is 0 Å². The van der Waals surface area contributed by atoms with Crippen molar-refractivity contribution < 1.29 is 19.1 Å². The van der Waals surface area contributed by atoms with Gasteiger partial charge in [-0.3, -0.25) is 29.5 Å². The second kappa shape index (κ2) is 13.5. The second-order valence-electron chi connectivity index (χ2n) is 13.3. The highest BCUT2D eigenvalue weighted by Gasteiger charge is 2.35. The van der Waals surface area contributed by atoms with Crippen molar-refractivity contribution in [3.05, 3.63) is 131 Å². The number of aryl methyl sites for hydroxylation is 1. The van der Waals surface area contributed by atoms with E-state index in [-0.39, 0.29) is 37.1 Å². The fourth-order valence-electron chi connectivity index (χ4n) is 7.40. The van der Waals surface area contributed by atoms with Gasteiger partial charge >= 0.3 is 0 Å². The third-order valence-electron chi connectivity index (χ3n) is 9.99. The quantitative estimate of drug-likeness (QED) is 0.171. The molecular weight excluding hydrogens is 669 g/mol. The summed E-state index contributed by atoms with van der Waals surface area (Å²) in [5.74, 6) is 1.14. The van der Waals surface area contributed by atoms with E-state index in [1.807, 2.05) is 72.8 Å². The van der Waals surface area contributed by atoms with Gasteiger partial charge in [-0.15, -0.1) is 0 Å². The highest BCUT2D eigenvalue weighted by molar-refractivity contribution is 6.04. The molecule has 0 saturated carbocycles. The number of nitrogens with zero attached hydrogens (tertiary/aromatic N) is 8. The molecule has 12 heteroatoms. The van der Waals surface area contributed by atoms with Crippen LogP contribution >= 0.6 is 0 Å². The molecule has 53 heavy (non-hydrogen) atoms. The smallest absolute Gasteiger partial charge is 0.243 e. The van der Waals surface area contributed by atoms with Crippen LogP contribution in [0.1, 0.15) is 72.5 Å². The average Bonchev–Trinajstić information content (AvgIpc) is 3.97. The van der Waals surface area contributed by atoms with Crippen LogP contribution < -0.4 is 9.47 Å². The van der Waals surface area contributed by atoms with Crippen molar-refractivity contribution in [1.82, 2.24) is 30.0 Å². The summed E-state index contributed by atoms with van der Waals surface area (Å²) in [5.41, 5.74) is 9.40. The molecule has 0 aliphatic carbocycles. The third-order valence-corrected chi connectivity index (χ3v) is 9.99. The second-order valence-corrected chi connectivity index (χ2v) is 13.3. The number of aromatic nitrogens is 4. The molecule has 6 aromatic rings. The Hall–Kier alpha value is -6.56. The van der Waals surface area contributed by atoms with E-state index in [1.54, 1.807) is 34.8 Å². The first-order chi connectivity index (χ1) is 26.0. The standard InChI is InChI=1S/C41H34N8O4/c1-25(50)48-37(22-32(46-48)26-6-3-2-4-7-26)30-18-29(41-35(20-30)44-16-17-45-41)8-5-9-40(51)49-36(28-10-12-31-34(19-28)43-15-14-42-31)23-33(47-49)27-11-13-38-39(21-27)53-24-52-38/h2-4,6-7,10-21,36-37H,5,8-9,22-24H2,1H3. The number of hydrazone groups is 2. The third kappa shape index (κ3) is 6.22. The summed E-state index contributed by atoms with van der Waals surface area (Å²) in [4.78, 5) is 45.2. The van der Waals surface area contributed by atoms with Gasteiger partial charge in [0.15, 0.2) is 11.5 Å². The number of hydrogen-bond donors (Lipinski definition) is 0. The van der Waals surface area contributed by atoms with Crippen molar-refractivity contribution in [3.63, 3.8) is 0 Å². The Morgan fingerprint density at radius 3 is 2.21 bits per heavy atom. The Labute approximate surface area is 304 Å². The van der Waals surface area contributed by atoms with Crippen LogP contribution in [0.15, 0.2) is 114 Å². The summed E-state index contributed by atoms with van der Waals surface area (Å²) in [7, 11) is 0. The summed E-state index contributed by atoms with van der Waals surface area (Å²) in [6.45, 7) is 1.72. The molecule has 0 spiro atoms. The Morgan fingerprint density at radius 1 is 0.679 bits per heavy atom. The molecule has 12 nitrogen and oxygen atoms in total. The number of hydrogen-bond acceptors (Lipinski definition) is 10. The van der Waals surface area contributed by atoms with Gasteiger partial charge in [-0.05, 0) is 71.5 Å². The van der Waals surface area contributed by atoms with Crippen molar-refractivity contribution >= 4 is 45.3 Å². The predicted octanol–water partition coefficient (Wildman–Crippen LogP) is 6.70. The Morgan fingerprint density at radius 2 is 1.38 bits per heavy atom. The van der Waals surface area contributed by atoms with Gasteiger partial charge in [0, 0.05) is 56.5 Å². The van der Waals surface area contributed by atoms with Crippen molar-refractivity contribution in [2.75, 3.05) is 6.79 Å². The van der Waals surface area contributed by atoms with Crippen LogP contribution in [0.2, 0.25) is 0 Å². The van der Waals surface area contributed by atoms with Gasteiger partial charge in [-0.25, -0.2) is 10.0 Å². The van der Waals surface area contributed by atoms with E-state index in [0.29, 0.717) is 37.2 Å². The fourth-order valence-corrected chi connectivity index (χ4v) is 7.40. The molecule has 4 aromatic carbocycles. The normalized spacial score (nSPS) is 17.8. The molecule has 2 aromatic heterocycles. The fraction of sp³-hybridized carbons (Fsp3) is 0.220. The Bertz CT molecular complexity index is 2470. The lowest BCUT2D eigenvalue weighted by Crippen LogP contribution is -2.27. The van der Waals surface area contributed by atoms with Crippen LogP contribution in [-0.2, 0) is 16.0 Å². The van der Waals surface area contributed by atoms with E-state index in [4.69, 9.17) is 19.7 Å². The molecule has 2 amide bonds.